The second-order valence-electron chi connectivity index (χ2n) is 6.28. The van der Waals surface area contributed by atoms with Gasteiger partial charge >= 0.3 is 0 Å². The van der Waals surface area contributed by atoms with Crippen LogP contribution < -0.4 is 4.90 Å². The van der Waals surface area contributed by atoms with Gasteiger partial charge in [0.05, 0.1) is 0 Å². The van der Waals surface area contributed by atoms with Crippen LogP contribution in [0.15, 0.2) is 54.6 Å². The molecule has 0 bridgehead atoms. The molecule has 22 heavy (non-hydrogen) atoms. The molecule has 0 heterocycles. The molecule has 0 aliphatic heterocycles. The van der Waals surface area contributed by atoms with E-state index < -0.39 is 0 Å². The summed E-state index contributed by atoms with van der Waals surface area (Å²) in [5.41, 5.74) is 3.99. The first kappa shape index (κ1) is 16.6. The monoisotopic (exact) mass is 295 g/mol. The van der Waals surface area contributed by atoms with Gasteiger partial charge in [-0.05, 0) is 56.5 Å². The number of hydrogen-bond acceptors (Lipinski definition) is 1. The van der Waals surface area contributed by atoms with Crippen LogP contribution in [0.5, 0.6) is 0 Å². The van der Waals surface area contributed by atoms with Crippen molar-refractivity contribution in [2.75, 3.05) is 4.90 Å². The third-order valence-electron chi connectivity index (χ3n) is 4.08. The zero-order valence-corrected chi connectivity index (χ0v) is 14.3. The molecule has 0 N–H and O–H groups in total. The number of hydrogen-bond donors (Lipinski definition) is 0. The molecule has 0 amide bonds. The number of benzene rings is 2. The minimum absolute atomic E-state index is 0.442. The highest BCUT2D eigenvalue weighted by atomic mass is 15.2. The average molecular weight is 295 g/mol. The largest absolute Gasteiger partial charge is 0.339 e. The number of anilines is 2. The number of aryl methyl sites for hydroxylation is 1. The van der Waals surface area contributed by atoms with Crippen LogP contribution in [0.4, 0.5) is 11.4 Å². The molecule has 0 atom stereocenters. The quantitative estimate of drug-likeness (QED) is 0.512. The van der Waals surface area contributed by atoms with Gasteiger partial charge in [0.2, 0.25) is 0 Å². The summed E-state index contributed by atoms with van der Waals surface area (Å²) < 4.78 is 0. The third-order valence-corrected chi connectivity index (χ3v) is 4.08. The molecule has 0 unspecified atom stereocenters. The number of rotatable bonds is 8. The molecular formula is C21H29N. The summed E-state index contributed by atoms with van der Waals surface area (Å²) in [6.45, 7) is 6.75. The van der Waals surface area contributed by atoms with Crippen molar-refractivity contribution in [2.24, 2.45) is 0 Å². The second-order valence-corrected chi connectivity index (χ2v) is 6.28. The van der Waals surface area contributed by atoms with Crippen LogP contribution in [-0.4, -0.2) is 6.04 Å². The maximum atomic E-state index is 2.39. The molecule has 0 saturated heterocycles. The molecule has 1 nitrogen and oxygen atoms in total. The molecule has 0 fully saturated rings. The Bertz CT molecular complexity index is 528. The number of para-hydroxylation sites is 1. The van der Waals surface area contributed by atoms with Gasteiger partial charge in [0, 0.05) is 17.4 Å². The predicted octanol–water partition coefficient (Wildman–Crippen LogP) is 6.36. The van der Waals surface area contributed by atoms with Gasteiger partial charge in [-0.1, -0.05) is 56.5 Å². The van der Waals surface area contributed by atoms with Crippen LogP contribution >= 0.6 is 0 Å². The smallest absolute Gasteiger partial charge is 0.0413 e. The van der Waals surface area contributed by atoms with Crippen LogP contribution in [0.1, 0.15) is 52.0 Å². The van der Waals surface area contributed by atoms with E-state index in [1.165, 1.54) is 49.0 Å². The molecule has 2 aromatic rings. The average Bonchev–Trinajstić information content (AvgIpc) is 2.54. The van der Waals surface area contributed by atoms with Crippen LogP contribution in [0.3, 0.4) is 0 Å². The zero-order valence-electron chi connectivity index (χ0n) is 14.3. The van der Waals surface area contributed by atoms with Crippen LogP contribution in [-0.2, 0) is 6.42 Å². The van der Waals surface area contributed by atoms with E-state index in [0.29, 0.717) is 6.04 Å². The summed E-state index contributed by atoms with van der Waals surface area (Å²) in [5, 5.41) is 0. The van der Waals surface area contributed by atoms with Crippen molar-refractivity contribution < 1.29 is 0 Å². The van der Waals surface area contributed by atoms with E-state index >= 15 is 0 Å². The van der Waals surface area contributed by atoms with E-state index in [0.717, 1.165) is 0 Å². The molecule has 2 aromatic carbocycles. The molecular weight excluding hydrogens is 266 g/mol. The molecule has 1 heteroatoms. The Morgan fingerprint density at radius 2 is 1.41 bits per heavy atom. The number of nitrogens with zero attached hydrogens (tertiary/aromatic N) is 1. The van der Waals surface area contributed by atoms with Gasteiger partial charge in [0.25, 0.3) is 0 Å². The van der Waals surface area contributed by atoms with E-state index in [1.54, 1.807) is 0 Å². The van der Waals surface area contributed by atoms with Crippen LogP contribution in [0, 0.1) is 0 Å². The maximum Gasteiger partial charge on any atom is 0.0413 e. The summed E-state index contributed by atoms with van der Waals surface area (Å²) in [6, 6.07) is 20.2. The molecule has 0 spiro atoms. The van der Waals surface area contributed by atoms with Crippen molar-refractivity contribution >= 4 is 11.4 Å². The molecule has 2 rings (SSSR count). The van der Waals surface area contributed by atoms with Gasteiger partial charge < -0.3 is 4.90 Å². The standard InChI is InChI=1S/C21H29N/c1-4-5-6-8-11-19-14-16-21(17-15-19)22(18(2)3)20-12-9-7-10-13-20/h7,9-10,12-18H,4-6,8,11H2,1-3H3. The van der Waals surface area contributed by atoms with Crippen LogP contribution in [0.2, 0.25) is 0 Å². The minimum atomic E-state index is 0.442. The summed E-state index contributed by atoms with van der Waals surface area (Å²) in [7, 11) is 0. The lowest BCUT2D eigenvalue weighted by Crippen LogP contribution is -2.25. The van der Waals surface area contributed by atoms with Gasteiger partial charge in [-0.15, -0.1) is 0 Å². The summed E-state index contributed by atoms with van der Waals surface area (Å²) in [6.07, 6.45) is 6.51. The Morgan fingerprint density at radius 1 is 0.773 bits per heavy atom. The van der Waals surface area contributed by atoms with E-state index in [9.17, 15) is 0 Å². The predicted molar refractivity (Wildman–Crippen MR) is 98.0 cm³/mol. The fraction of sp³-hybridized carbons (Fsp3) is 0.429. The van der Waals surface area contributed by atoms with Crippen molar-refractivity contribution in [1.82, 2.24) is 0 Å². The van der Waals surface area contributed by atoms with Gasteiger partial charge in [0.15, 0.2) is 0 Å². The fourth-order valence-electron chi connectivity index (χ4n) is 2.91. The zero-order chi connectivity index (χ0) is 15.8. The molecule has 0 radical (unpaired) electrons. The Balaban J connectivity index is 2.07. The lowest BCUT2D eigenvalue weighted by atomic mass is 10.1. The van der Waals surface area contributed by atoms with E-state index in [-0.39, 0.29) is 0 Å². The molecule has 0 aromatic heterocycles. The first-order valence-electron chi connectivity index (χ1n) is 8.65. The summed E-state index contributed by atoms with van der Waals surface area (Å²) in [5.74, 6) is 0. The first-order valence-corrected chi connectivity index (χ1v) is 8.65. The van der Waals surface area contributed by atoms with Gasteiger partial charge in [-0.2, -0.15) is 0 Å². The molecule has 0 aliphatic carbocycles. The Kier molecular flexibility index (Phi) is 6.51. The minimum Gasteiger partial charge on any atom is -0.339 e. The highest BCUT2D eigenvalue weighted by Crippen LogP contribution is 2.28. The van der Waals surface area contributed by atoms with Gasteiger partial charge in [-0.25, -0.2) is 0 Å². The highest BCUT2D eigenvalue weighted by molar-refractivity contribution is 5.64. The van der Waals surface area contributed by atoms with E-state index in [2.05, 4.69) is 80.3 Å². The fourth-order valence-corrected chi connectivity index (χ4v) is 2.91. The molecule has 0 aliphatic rings. The highest BCUT2D eigenvalue weighted by Gasteiger charge is 2.12. The first-order chi connectivity index (χ1) is 10.7. The molecule has 118 valence electrons. The van der Waals surface area contributed by atoms with Crippen molar-refractivity contribution in [2.45, 2.75) is 58.9 Å². The lowest BCUT2D eigenvalue weighted by Gasteiger charge is -2.29. The molecule has 0 saturated carbocycles. The lowest BCUT2D eigenvalue weighted by molar-refractivity contribution is 0.667. The van der Waals surface area contributed by atoms with Crippen molar-refractivity contribution in [3.8, 4) is 0 Å². The van der Waals surface area contributed by atoms with Crippen molar-refractivity contribution in [1.29, 1.82) is 0 Å². The SMILES string of the molecule is CCCCCCc1ccc(N(c2ccccc2)C(C)C)cc1. The van der Waals surface area contributed by atoms with Gasteiger partial charge in [0.1, 0.15) is 0 Å². The van der Waals surface area contributed by atoms with Crippen molar-refractivity contribution in [3.63, 3.8) is 0 Å². The van der Waals surface area contributed by atoms with Gasteiger partial charge in [-0.3, -0.25) is 0 Å². The topological polar surface area (TPSA) is 3.24 Å². The Labute approximate surface area is 136 Å². The Hall–Kier alpha value is -1.76. The van der Waals surface area contributed by atoms with E-state index in [1.807, 2.05) is 0 Å². The second kappa shape index (κ2) is 8.63. The third kappa shape index (κ3) is 4.62. The van der Waals surface area contributed by atoms with E-state index in [4.69, 9.17) is 0 Å². The Morgan fingerprint density at radius 3 is 2.00 bits per heavy atom. The number of unbranched alkanes of at least 4 members (excludes halogenated alkanes) is 3. The summed E-state index contributed by atoms with van der Waals surface area (Å²) in [4.78, 5) is 2.39. The maximum absolute atomic E-state index is 2.39. The summed E-state index contributed by atoms with van der Waals surface area (Å²) >= 11 is 0. The van der Waals surface area contributed by atoms with Crippen molar-refractivity contribution in [3.05, 3.63) is 60.2 Å². The normalized spacial score (nSPS) is 10.9. The van der Waals surface area contributed by atoms with Crippen LogP contribution in [0.25, 0.3) is 0 Å².